The fourth-order valence-corrected chi connectivity index (χ4v) is 4.32. The van der Waals surface area contributed by atoms with E-state index in [1.807, 2.05) is 0 Å². The number of nitrogens with one attached hydrogen (secondary N) is 1. The number of rotatable bonds is 26. The van der Waals surface area contributed by atoms with Gasteiger partial charge in [-0.05, 0) is 12.8 Å². The first-order valence-electron chi connectivity index (χ1n) is 14.7. The summed E-state index contributed by atoms with van der Waals surface area (Å²) >= 11 is 0. The topological polar surface area (TPSA) is 38.3 Å². The van der Waals surface area contributed by atoms with Crippen LogP contribution < -0.4 is 5.32 Å². The maximum absolute atomic E-state index is 11.7. The molecule has 0 aromatic heterocycles. The van der Waals surface area contributed by atoms with Crippen molar-refractivity contribution in [3.8, 4) is 0 Å². The van der Waals surface area contributed by atoms with Crippen molar-refractivity contribution in [2.45, 2.75) is 168 Å². The molecule has 0 heterocycles. The fraction of sp³-hybridized carbons (Fsp3) is 0.966. The number of carbonyl (C=O) groups excluding carboxylic acids is 1. The molecule has 192 valence electrons. The predicted octanol–water partition coefficient (Wildman–Crippen LogP) is 10.1. The second-order valence-electron chi connectivity index (χ2n) is 9.84. The SMILES string of the molecule is CCCCCCCCCCCCCCCCCCNC(=O)OCCCCCCCCCC. The van der Waals surface area contributed by atoms with E-state index in [9.17, 15) is 4.79 Å². The molecule has 0 saturated carbocycles. The van der Waals surface area contributed by atoms with Crippen LogP contribution in [0.15, 0.2) is 0 Å². The highest BCUT2D eigenvalue weighted by Crippen LogP contribution is 2.13. The first kappa shape index (κ1) is 31.3. The van der Waals surface area contributed by atoms with Gasteiger partial charge < -0.3 is 10.1 Å². The van der Waals surface area contributed by atoms with Gasteiger partial charge in [0.25, 0.3) is 0 Å². The molecule has 0 radical (unpaired) electrons. The second kappa shape index (κ2) is 28.3. The Balaban J connectivity index is 3.12. The van der Waals surface area contributed by atoms with Crippen LogP contribution >= 0.6 is 0 Å². The highest BCUT2D eigenvalue weighted by Gasteiger charge is 2.01. The molecule has 1 amide bonds. The van der Waals surface area contributed by atoms with E-state index < -0.39 is 0 Å². The quantitative estimate of drug-likeness (QED) is 0.132. The van der Waals surface area contributed by atoms with Crippen molar-refractivity contribution in [3.63, 3.8) is 0 Å². The molecule has 3 nitrogen and oxygen atoms in total. The first-order chi connectivity index (χ1) is 15.8. The van der Waals surface area contributed by atoms with Gasteiger partial charge in [-0.2, -0.15) is 0 Å². The molecule has 0 bridgehead atoms. The summed E-state index contributed by atoms with van der Waals surface area (Å²) in [5.41, 5.74) is 0. The molecule has 0 spiro atoms. The van der Waals surface area contributed by atoms with E-state index in [-0.39, 0.29) is 6.09 Å². The number of unbranched alkanes of at least 4 members (excludes halogenated alkanes) is 22. The van der Waals surface area contributed by atoms with Crippen molar-refractivity contribution in [1.82, 2.24) is 5.32 Å². The van der Waals surface area contributed by atoms with Crippen molar-refractivity contribution in [2.75, 3.05) is 13.2 Å². The van der Waals surface area contributed by atoms with E-state index in [0.29, 0.717) is 6.61 Å². The van der Waals surface area contributed by atoms with Crippen molar-refractivity contribution < 1.29 is 9.53 Å². The minimum Gasteiger partial charge on any atom is -0.450 e. The summed E-state index contributed by atoms with van der Waals surface area (Å²) in [7, 11) is 0. The molecule has 0 rings (SSSR count). The van der Waals surface area contributed by atoms with E-state index in [4.69, 9.17) is 4.74 Å². The monoisotopic (exact) mass is 453 g/mol. The van der Waals surface area contributed by atoms with Gasteiger partial charge in [0.2, 0.25) is 0 Å². The molecule has 1 N–H and O–H groups in total. The minimum absolute atomic E-state index is 0.228. The van der Waals surface area contributed by atoms with Gasteiger partial charge in [0.15, 0.2) is 0 Å². The lowest BCUT2D eigenvalue weighted by Gasteiger charge is -2.07. The first-order valence-corrected chi connectivity index (χ1v) is 14.7. The van der Waals surface area contributed by atoms with Crippen LogP contribution in [-0.4, -0.2) is 19.2 Å². The highest BCUT2D eigenvalue weighted by atomic mass is 16.5. The molecular formula is C29H59NO2. The molecule has 0 fully saturated rings. The number of alkyl carbamates (subject to hydrolysis) is 1. The van der Waals surface area contributed by atoms with Gasteiger partial charge in [-0.25, -0.2) is 4.79 Å². The van der Waals surface area contributed by atoms with Crippen LogP contribution in [0.3, 0.4) is 0 Å². The van der Waals surface area contributed by atoms with Crippen molar-refractivity contribution in [2.24, 2.45) is 0 Å². The van der Waals surface area contributed by atoms with Crippen molar-refractivity contribution in [1.29, 1.82) is 0 Å². The molecule has 32 heavy (non-hydrogen) atoms. The van der Waals surface area contributed by atoms with Crippen LogP contribution in [-0.2, 0) is 4.74 Å². The molecule has 0 aliphatic heterocycles. The van der Waals surface area contributed by atoms with Crippen molar-refractivity contribution >= 4 is 6.09 Å². The van der Waals surface area contributed by atoms with E-state index in [1.54, 1.807) is 0 Å². The van der Waals surface area contributed by atoms with Gasteiger partial charge in [-0.1, -0.05) is 155 Å². The summed E-state index contributed by atoms with van der Waals surface area (Å²) in [6.45, 7) is 5.87. The summed E-state index contributed by atoms with van der Waals surface area (Å²) in [4.78, 5) is 11.7. The predicted molar refractivity (Wildman–Crippen MR) is 142 cm³/mol. The lowest BCUT2D eigenvalue weighted by Crippen LogP contribution is -2.25. The van der Waals surface area contributed by atoms with E-state index in [0.717, 1.165) is 19.4 Å². The molecule has 0 saturated heterocycles. The maximum atomic E-state index is 11.7. The number of carbonyl (C=O) groups is 1. The molecule has 0 aliphatic carbocycles. The molecule has 0 unspecified atom stereocenters. The Morgan fingerprint density at radius 2 is 0.781 bits per heavy atom. The van der Waals surface area contributed by atoms with Gasteiger partial charge in [0.05, 0.1) is 6.61 Å². The average Bonchev–Trinajstić information content (AvgIpc) is 2.80. The molecule has 3 heteroatoms. The number of hydrogen-bond acceptors (Lipinski definition) is 2. The zero-order valence-electron chi connectivity index (χ0n) is 22.2. The Morgan fingerprint density at radius 3 is 1.16 bits per heavy atom. The minimum atomic E-state index is -0.228. The molecule has 0 aliphatic rings. The lowest BCUT2D eigenvalue weighted by molar-refractivity contribution is 0.143. The number of amides is 1. The maximum Gasteiger partial charge on any atom is 0.407 e. The van der Waals surface area contributed by atoms with Gasteiger partial charge in [-0.15, -0.1) is 0 Å². The normalized spacial score (nSPS) is 11.1. The van der Waals surface area contributed by atoms with Crippen molar-refractivity contribution in [3.05, 3.63) is 0 Å². The number of ether oxygens (including phenoxy) is 1. The Bertz CT molecular complexity index is 359. The summed E-state index contributed by atoms with van der Waals surface area (Å²) < 4.78 is 5.27. The van der Waals surface area contributed by atoms with Crippen LogP contribution in [0, 0.1) is 0 Å². The average molecular weight is 454 g/mol. The van der Waals surface area contributed by atoms with E-state index in [2.05, 4.69) is 19.2 Å². The Morgan fingerprint density at radius 1 is 0.469 bits per heavy atom. The second-order valence-corrected chi connectivity index (χ2v) is 9.84. The van der Waals surface area contributed by atoms with Gasteiger partial charge >= 0.3 is 6.09 Å². The molecular weight excluding hydrogens is 394 g/mol. The summed E-state index contributed by atoms with van der Waals surface area (Å²) in [6.07, 6.45) is 32.0. The third-order valence-electron chi connectivity index (χ3n) is 6.53. The van der Waals surface area contributed by atoms with Gasteiger partial charge in [-0.3, -0.25) is 0 Å². The Labute approximate surface area is 202 Å². The molecule has 0 atom stereocenters. The summed E-state index contributed by atoms with van der Waals surface area (Å²) in [5.74, 6) is 0. The summed E-state index contributed by atoms with van der Waals surface area (Å²) in [5, 5.41) is 2.90. The number of hydrogen-bond donors (Lipinski definition) is 1. The molecule has 0 aromatic carbocycles. The lowest BCUT2D eigenvalue weighted by atomic mass is 10.0. The smallest absolute Gasteiger partial charge is 0.407 e. The standard InChI is InChI=1S/C29H59NO2/c1-3-5-7-9-11-13-14-15-16-17-18-19-20-21-23-25-27-30-29(31)32-28-26-24-22-12-10-8-6-4-2/h3-28H2,1-2H3,(H,30,31). The molecule has 0 aromatic rings. The zero-order valence-corrected chi connectivity index (χ0v) is 22.2. The van der Waals surface area contributed by atoms with Gasteiger partial charge in [0, 0.05) is 6.54 Å². The van der Waals surface area contributed by atoms with Crippen LogP contribution in [0.4, 0.5) is 4.79 Å². The van der Waals surface area contributed by atoms with E-state index in [1.165, 1.54) is 141 Å². The third kappa shape index (κ3) is 27.3. The van der Waals surface area contributed by atoms with E-state index >= 15 is 0 Å². The van der Waals surface area contributed by atoms with Crippen LogP contribution in [0.25, 0.3) is 0 Å². The van der Waals surface area contributed by atoms with Gasteiger partial charge in [0.1, 0.15) is 0 Å². The fourth-order valence-electron chi connectivity index (χ4n) is 4.32. The highest BCUT2D eigenvalue weighted by molar-refractivity contribution is 5.66. The largest absolute Gasteiger partial charge is 0.450 e. The Kier molecular flexibility index (Phi) is 27.7. The van der Waals surface area contributed by atoms with Crippen LogP contribution in [0.5, 0.6) is 0 Å². The third-order valence-corrected chi connectivity index (χ3v) is 6.53. The Hall–Kier alpha value is -0.730. The summed E-state index contributed by atoms with van der Waals surface area (Å²) in [6, 6.07) is 0. The van der Waals surface area contributed by atoms with Crippen LogP contribution in [0.1, 0.15) is 168 Å². The zero-order chi connectivity index (χ0) is 23.4. The van der Waals surface area contributed by atoms with Crippen LogP contribution in [0.2, 0.25) is 0 Å².